The van der Waals surface area contributed by atoms with Crippen LogP contribution in [0.4, 0.5) is 5.69 Å². The molecule has 0 radical (unpaired) electrons. The Bertz CT molecular complexity index is 849. The number of aromatic nitrogens is 2. The van der Waals surface area contributed by atoms with Crippen molar-refractivity contribution >= 4 is 32.1 Å². The van der Waals surface area contributed by atoms with E-state index in [9.17, 15) is 9.59 Å². The van der Waals surface area contributed by atoms with Crippen LogP contribution >= 0.6 is 8.20 Å². The van der Waals surface area contributed by atoms with E-state index >= 15 is 0 Å². The first-order valence-corrected chi connectivity index (χ1v) is 9.14. The van der Waals surface area contributed by atoms with Gasteiger partial charge in [0.25, 0.3) is 0 Å². The van der Waals surface area contributed by atoms with Gasteiger partial charge in [0.1, 0.15) is 25.3 Å². The van der Waals surface area contributed by atoms with E-state index in [0.717, 1.165) is 8.20 Å². The molecule has 1 aliphatic rings. The van der Waals surface area contributed by atoms with Crippen LogP contribution in [0.25, 0.3) is 0 Å². The third kappa shape index (κ3) is 3.86. The predicted molar refractivity (Wildman–Crippen MR) is 97.4 cm³/mol. The van der Waals surface area contributed by atoms with E-state index in [-0.39, 0.29) is 12.5 Å². The zero-order chi connectivity index (χ0) is 18.5. The molecule has 2 aromatic rings. The van der Waals surface area contributed by atoms with Crippen molar-refractivity contribution in [2.45, 2.75) is 12.7 Å². The number of esters is 1. The lowest BCUT2D eigenvalue weighted by atomic mass is 10.2. The number of hydrogen-bond donors (Lipinski definition) is 1. The molecule has 8 nitrogen and oxygen atoms in total. The SMILES string of the molecule is C=PCc1c(C(=O)OC)cnn1CC(=O)Nc1ccc2c(c1)OCCO2. The van der Waals surface area contributed by atoms with Crippen molar-refractivity contribution in [2.75, 3.05) is 25.6 Å². The Hall–Kier alpha value is -2.86. The van der Waals surface area contributed by atoms with Gasteiger partial charge in [0.15, 0.2) is 11.5 Å². The van der Waals surface area contributed by atoms with Gasteiger partial charge in [-0.05, 0) is 12.1 Å². The van der Waals surface area contributed by atoms with Gasteiger partial charge in [0, 0.05) is 17.9 Å². The quantitative estimate of drug-likeness (QED) is 0.613. The minimum absolute atomic E-state index is 0.0315. The van der Waals surface area contributed by atoms with Gasteiger partial charge < -0.3 is 19.5 Å². The van der Waals surface area contributed by atoms with Crippen molar-refractivity contribution in [1.82, 2.24) is 9.78 Å². The summed E-state index contributed by atoms with van der Waals surface area (Å²) >= 11 is 0. The molecule has 26 heavy (non-hydrogen) atoms. The Kier molecular flexibility index (Phi) is 5.53. The number of hydrogen-bond acceptors (Lipinski definition) is 6. The first-order chi connectivity index (χ1) is 12.6. The number of fused-ring (bicyclic) bond motifs is 1. The number of amides is 1. The Morgan fingerprint density at radius 3 is 2.85 bits per heavy atom. The third-order valence-corrected chi connectivity index (χ3v) is 4.26. The fourth-order valence-corrected chi connectivity index (χ4v) is 3.10. The second-order valence-corrected chi connectivity index (χ2v) is 6.21. The summed E-state index contributed by atoms with van der Waals surface area (Å²) in [7, 11) is 2.11. The zero-order valence-corrected chi connectivity index (χ0v) is 15.1. The molecule has 1 aromatic carbocycles. The lowest BCUT2D eigenvalue weighted by Gasteiger charge is -2.19. The normalized spacial score (nSPS) is 12.7. The summed E-state index contributed by atoms with van der Waals surface area (Å²) in [6.45, 7) is 0.951. The van der Waals surface area contributed by atoms with Gasteiger partial charge in [-0.1, -0.05) is 6.30 Å². The number of anilines is 1. The highest BCUT2D eigenvalue weighted by molar-refractivity contribution is 7.35. The second-order valence-electron chi connectivity index (χ2n) is 5.44. The average molecular weight is 375 g/mol. The van der Waals surface area contributed by atoms with Gasteiger partial charge in [-0.25, -0.2) is 4.79 Å². The summed E-state index contributed by atoms with van der Waals surface area (Å²) in [6.07, 6.45) is 5.66. The molecule has 0 spiro atoms. The van der Waals surface area contributed by atoms with Crippen LogP contribution in [-0.4, -0.2) is 48.3 Å². The molecule has 1 N–H and O–H groups in total. The Labute approximate surface area is 151 Å². The molecule has 0 bridgehead atoms. The first kappa shape index (κ1) is 17.9. The van der Waals surface area contributed by atoms with Gasteiger partial charge >= 0.3 is 5.97 Å². The highest BCUT2D eigenvalue weighted by Crippen LogP contribution is 2.32. The molecule has 0 aliphatic carbocycles. The van der Waals surface area contributed by atoms with Crippen LogP contribution in [0.5, 0.6) is 11.5 Å². The Balaban J connectivity index is 1.73. The van der Waals surface area contributed by atoms with Crippen LogP contribution in [0.15, 0.2) is 24.4 Å². The van der Waals surface area contributed by atoms with E-state index in [1.54, 1.807) is 18.2 Å². The maximum absolute atomic E-state index is 12.4. The average Bonchev–Trinajstić information content (AvgIpc) is 3.03. The van der Waals surface area contributed by atoms with Crippen LogP contribution in [0.2, 0.25) is 0 Å². The summed E-state index contributed by atoms with van der Waals surface area (Å²) in [5.74, 6) is 0.490. The van der Waals surface area contributed by atoms with Crippen LogP contribution in [0.3, 0.4) is 0 Å². The number of carbonyl (C=O) groups is 2. The standard InChI is InChI=1S/C17H18N3O5P/c1-23-17(22)12-8-18-20(13(12)10-26-2)9-16(21)19-11-3-4-14-15(7-11)25-6-5-24-14/h3-4,7-8H,2,5-6,9-10H2,1H3,(H,19,21). The lowest BCUT2D eigenvalue weighted by molar-refractivity contribution is -0.116. The topological polar surface area (TPSA) is 91.7 Å². The minimum Gasteiger partial charge on any atom is -0.486 e. The number of nitrogens with one attached hydrogen (secondary N) is 1. The highest BCUT2D eigenvalue weighted by Gasteiger charge is 2.19. The number of nitrogens with zero attached hydrogens (tertiary/aromatic N) is 2. The van der Waals surface area contributed by atoms with E-state index < -0.39 is 5.97 Å². The molecule has 2 heterocycles. The van der Waals surface area contributed by atoms with Gasteiger partial charge in [-0.15, -0.1) is 8.20 Å². The Morgan fingerprint density at radius 2 is 2.12 bits per heavy atom. The molecule has 9 heteroatoms. The molecule has 0 fully saturated rings. The number of methoxy groups -OCH3 is 1. The second kappa shape index (κ2) is 8.01. The lowest BCUT2D eigenvalue weighted by Crippen LogP contribution is -2.21. The van der Waals surface area contributed by atoms with Crippen molar-refractivity contribution in [3.8, 4) is 11.5 Å². The van der Waals surface area contributed by atoms with E-state index in [1.807, 2.05) is 0 Å². The molecule has 0 atom stereocenters. The summed E-state index contributed by atoms with van der Waals surface area (Å²) < 4.78 is 17.2. The molecule has 0 saturated heterocycles. The van der Waals surface area contributed by atoms with E-state index in [0.29, 0.717) is 47.8 Å². The van der Waals surface area contributed by atoms with Crippen LogP contribution in [-0.2, 0) is 22.2 Å². The van der Waals surface area contributed by atoms with Gasteiger partial charge in [-0.3, -0.25) is 9.48 Å². The van der Waals surface area contributed by atoms with Crippen molar-refractivity contribution in [2.24, 2.45) is 0 Å². The third-order valence-electron chi connectivity index (χ3n) is 3.73. The summed E-state index contributed by atoms with van der Waals surface area (Å²) in [5, 5.41) is 6.93. The predicted octanol–water partition coefficient (Wildman–Crippen LogP) is 1.96. The monoisotopic (exact) mass is 375 g/mol. The smallest absolute Gasteiger partial charge is 0.341 e. The molecular formula is C17H18N3O5P. The summed E-state index contributed by atoms with van der Waals surface area (Å²) in [6, 6.07) is 5.20. The van der Waals surface area contributed by atoms with Crippen LogP contribution in [0.1, 0.15) is 16.1 Å². The maximum atomic E-state index is 12.4. The molecule has 1 amide bonds. The molecule has 0 saturated carbocycles. The maximum Gasteiger partial charge on any atom is 0.341 e. The molecular weight excluding hydrogens is 357 g/mol. The van der Waals surface area contributed by atoms with E-state index in [2.05, 4.69) is 16.7 Å². The number of benzene rings is 1. The van der Waals surface area contributed by atoms with Gasteiger partial charge in [-0.2, -0.15) is 5.10 Å². The molecule has 0 unspecified atom stereocenters. The zero-order valence-electron chi connectivity index (χ0n) is 14.2. The number of rotatable bonds is 6. The fraction of sp³-hybridized carbons (Fsp3) is 0.294. The number of ether oxygens (including phenoxy) is 3. The molecule has 136 valence electrons. The van der Waals surface area contributed by atoms with E-state index in [1.165, 1.54) is 18.0 Å². The fourth-order valence-electron chi connectivity index (χ4n) is 2.56. The van der Waals surface area contributed by atoms with Crippen molar-refractivity contribution in [1.29, 1.82) is 0 Å². The molecule has 3 rings (SSSR count). The van der Waals surface area contributed by atoms with Gasteiger partial charge in [0.2, 0.25) is 5.91 Å². The molecule has 1 aliphatic heterocycles. The summed E-state index contributed by atoms with van der Waals surface area (Å²) in [4.78, 5) is 24.2. The van der Waals surface area contributed by atoms with Gasteiger partial charge in [0.05, 0.1) is 19.0 Å². The van der Waals surface area contributed by atoms with Crippen molar-refractivity contribution in [3.63, 3.8) is 0 Å². The summed E-state index contributed by atoms with van der Waals surface area (Å²) in [5.41, 5.74) is 1.55. The number of carbonyl (C=O) groups excluding carboxylic acids is 2. The van der Waals surface area contributed by atoms with Crippen molar-refractivity contribution < 1.29 is 23.8 Å². The van der Waals surface area contributed by atoms with E-state index in [4.69, 9.17) is 14.2 Å². The highest BCUT2D eigenvalue weighted by atomic mass is 31.1. The van der Waals surface area contributed by atoms with Crippen LogP contribution < -0.4 is 14.8 Å². The first-order valence-electron chi connectivity index (χ1n) is 7.87. The van der Waals surface area contributed by atoms with Crippen molar-refractivity contribution in [3.05, 3.63) is 35.7 Å². The minimum atomic E-state index is -0.484. The molecule has 1 aromatic heterocycles. The largest absolute Gasteiger partial charge is 0.486 e. The van der Waals surface area contributed by atoms with Crippen LogP contribution in [0, 0.1) is 0 Å². The Morgan fingerprint density at radius 1 is 1.35 bits per heavy atom.